The Hall–Kier alpha value is -2.00. The van der Waals surface area contributed by atoms with Crippen LogP contribution in [0.1, 0.15) is 20.7 Å². The van der Waals surface area contributed by atoms with Gasteiger partial charge in [-0.15, -0.1) is 0 Å². The Labute approximate surface area is 135 Å². The maximum absolute atomic E-state index is 11.3. The average molecular weight is 334 g/mol. The molecule has 0 aliphatic heterocycles. The number of nitrogen functional groups attached to an aromatic ring is 2. The van der Waals surface area contributed by atoms with E-state index in [2.05, 4.69) is 10.9 Å². The van der Waals surface area contributed by atoms with Crippen molar-refractivity contribution < 1.29 is 9.59 Å². The maximum Gasteiger partial charge on any atom is 0.265 e. The normalized spacial score (nSPS) is 10.1. The van der Waals surface area contributed by atoms with E-state index in [9.17, 15) is 9.59 Å². The first-order valence-electron chi connectivity index (χ1n) is 6.20. The summed E-state index contributed by atoms with van der Waals surface area (Å²) in [6, 6.07) is 14.2. The summed E-state index contributed by atoms with van der Waals surface area (Å²) in [6.45, 7) is 0. The largest absolute Gasteiger partial charge is 0.290 e. The van der Waals surface area contributed by atoms with Crippen molar-refractivity contribution in [1.82, 2.24) is 10.9 Å². The topological polar surface area (TPSA) is 110 Å². The maximum atomic E-state index is 11.3. The molecule has 0 saturated carbocycles. The first kappa shape index (κ1) is 16.4. The molecule has 0 aromatic heterocycles. The third-order valence-electron chi connectivity index (χ3n) is 2.73. The molecule has 2 aromatic carbocycles. The number of nitrogens with one attached hydrogen (secondary N) is 2. The van der Waals surface area contributed by atoms with Gasteiger partial charge < -0.3 is 0 Å². The van der Waals surface area contributed by atoms with Gasteiger partial charge >= 0.3 is 0 Å². The summed E-state index contributed by atoms with van der Waals surface area (Å²) in [5.74, 6) is 9.51. The average Bonchev–Trinajstić information content (AvgIpc) is 2.59. The van der Waals surface area contributed by atoms with E-state index in [-0.39, 0.29) is 11.8 Å². The van der Waals surface area contributed by atoms with E-state index < -0.39 is 0 Å². The molecule has 22 heavy (non-hydrogen) atoms. The molecule has 0 fully saturated rings. The van der Waals surface area contributed by atoms with Gasteiger partial charge in [0, 0.05) is 20.9 Å². The van der Waals surface area contributed by atoms with Crippen molar-refractivity contribution >= 4 is 33.4 Å². The van der Waals surface area contributed by atoms with Crippen LogP contribution in [0.3, 0.4) is 0 Å². The molecule has 114 valence electrons. The fourth-order valence-electron chi connectivity index (χ4n) is 1.59. The molecule has 0 unspecified atom stereocenters. The van der Waals surface area contributed by atoms with Crippen LogP contribution in [0.25, 0.3) is 0 Å². The molecule has 0 heterocycles. The SMILES string of the molecule is NNC(=O)c1ccc(SSc2ccc(C(=O)NN)cc2)cc1. The zero-order valence-electron chi connectivity index (χ0n) is 11.4. The number of nitrogens with two attached hydrogens (primary N) is 2. The summed E-state index contributed by atoms with van der Waals surface area (Å²) in [5.41, 5.74) is 5.19. The molecule has 0 bridgehead atoms. The molecule has 0 atom stereocenters. The highest BCUT2D eigenvalue weighted by Gasteiger charge is 2.05. The molecule has 6 nitrogen and oxygen atoms in total. The highest BCUT2D eigenvalue weighted by molar-refractivity contribution is 8.76. The second-order valence-corrected chi connectivity index (χ2v) is 6.44. The van der Waals surface area contributed by atoms with Crippen molar-refractivity contribution in [1.29, 1.82) is 0 Å². The molecule has 2 aromatic rings. The van der Waals surface area contributed by atoms with Crippen LogP contribution in [0.4, 0.5) is 0 Å². The van der Waals surface area contributed by atoms with Gasteiger partial charge in [-0.2, -0.15) is 0 Å². The van der Waals surface area contributed by atoms with Gasteiger partial charge in [0.1, 0.15) is 0 Å². The number of benzene rings is 2. The summed E-state index contributed by atoms with van der Waals surface area (Å²) < 4.78 is 0. The van der Waals surface area contributed by atoms with Crippen molar-refractivity contribution in [3.8, 4) is 0 Å². The molecule has 2 amide bonds. The Bertz CT molecular complexity index is 600. The number of hydrazine groups is 2. The Morgan fingerprint density at radius 2 is 1.00 bits per heavy atom. The van der Waals surface area contributed by atoms with E-state index in [1.807, 2.05) is 24.3 Å². The van der Waals surface area contributed by atoms with E-state index in [0.29, 0.717) is 11.1 Å². The lowest BCUT2D eigenvalue weighted by Gasteiger charge is -2.04. The molecular weight excluding hydrogens is 320 g/mol. The lowest BCUT2D eigenvalue weighted by Crippen LogP contribution is -2.29. The van der Waals surface area contributed by atoms with Crippen LogP contribution < -0.4 is 22.5 Å². The van der Waals surface area contributed by atoms with E-state index >= 15 is 0 Å². The molecule has 0 spiro atoms. The van der Waals surface area contributed by atoms with Gasteiger partial charge in [0.25, 0.3) is 11.8 Å². The highest BCUT2D eigenvalue weighted by Crippen LogP contribution is 2.37. The van der Waals surface area contributed by atoms with Crippen LogP contribution in [0.15, 0.2) is 58.3 Å². The smallest absolute Gasteiger partial charge is 0.265 e. The Balaban J connectivity index is 1.95. The number of carbonyl (C=O) groups excluding carboxylic acids is 2. The van der Waals surface area contributed by atoms with Gasteiger partial charge in [0.2, 0.25) is 0 Å². The lowest BCUT2D eigenvalue weighted by molar-refractivity contribution is 0.0945. The standard InChI is InChI=1S/C14H14N4O2S2/c15-17-13(19)9-1-5-11(6-2-9)21-22-12-7-3-10(4-8-12)14(20)18-16/h1-8H,15-16H2,(H,17,19)(H,18,20). The number of carbonyl (C=O) groups is 2. The second kappa shape index (κ2) is 7.85. The fraction of sp³-hybridized carbons (Fsp3) is 0. The minimum Gasteiger partial charge on any atom is -0.290 e. The molecule has 0 radical (unpaired) electrons. The summed E-state index contributed by atoms with van der Waals surface area (Å²) in [6.07, 6.45) is 0. The van der Waals surface area contributed by atoms with Crippen molar-refractivity contribution in [3.63, 3.8) is 0 Å². The minimum absolute atomic E-state index is 0.321. The predicted molar refractivity (Wildman–Crippen MR) is 87.9 cm³/mol. The van der Waals surface area contributed by atoms with Crippen LogP contribution in [-0.4, -0.2) is 11.8 Å². The predicted octanol–water partition coefficient (Wildman–Crippen LogP) is 1.69. The number of hydrogen-bond acceptors (Lipinski definition) is 6. The highest BCUT2D eigenvalue weighted by atomic mass is 33.1. The lowest BCUT2D eigenvalue weighted by atomic mass is 10.2. The summed E-state index contributed by atoms with van der Waals surface area (Å²) in [5, 5.41) is 0. The summed E-state index contributed by atoms with van der Waals surface area (Å²) in [7, 11) is 3.10. The van der Waals surface area contributed by atoms with Crippen molar-refractivity contribution in [2.24, 2.45) is 11.7 Å². The van der Waals surface area contributed by atoms with Gasteiger partial charge in [-0.3, -0.25) is 20.4 Å². The van der Waals surface area contributed by atoms with Crippen molar-refractivity contribution in [2.45, 2.75) is 9.79 Å². The van der Waals surface area contributed by atoms with Crippen LogP contribution in [0.2, 0.25) is 0 Å². The first-order valence-corrected chi connectivity index (χ1v) is 8.35. The van der Waals surface area contributed by atoms with Gasteiger partial charge in [-0.1, -0.05) is 21.6 Å². The van der Waals surface area contributed by atoms with E-state index in [1.165, 1.54) is 0 Å². The van der Waals surface area contributed by atoms with E-state index in [1.54, 1.807) is 45.9 Å². The second-order valence-electron chi connectivity index (χ2n) is 4.16. The summed E-state index contributed by atoms with van der Waals surface area (Å²) >= 11 is 0. The van der Waals surface area contributed by atoms with Gasteiger partial charge in [0.05, 0.1) is 0 Å². The zero-order chi connectivity index (χ0) is 15.9. The van der Waals surface area contributed by atoms with Crippen LogP contribution >= 0.6 is 21.6 Å². The molecule has 8 heteroatoms. The molecule has 0 aliphatic carbocycles. The van der Waals surface area contributed by atoms with E-state index in [4.69, 9.17) is 11.7 Å². The molecule has 6 N–H and O–H groups in total. The Morgan fingerprint density at radius 3 is 1.27 bits per heavy atom. The van der Waals surface area contributed by atoms with Crippen LogP contribution in [0.5, 0.6) is 0 Å². The van der Waals surface area contributed by atoms with Crippen molar-refractivity contribution in [3.05, 3.63) is 59.7 Å². The molecule has 0 aliphatic rings. The number of hydrogen-bond donors (Lipinski definition) is 4. The van der Waals surface area contributed by atoms with Gasteiger partial charge in [0.15, 0.2) is 0 Å². The first-order chi connectivity index (χ1) is 10.6. The van der Waals surface area contributed by atoms with E-state index in [0.717, 1.165) is 9.79 Å². The molecule has 2 rings (SSSR count). The third-order valence-corrected chi connectivity index (χ3v) is 5.15. The minimum atomic E-state index is -0.321. The Kier molecular flexibility index (Phi) is 5.84. The van der Waals surface area contributed by atoms with Crippen molar-refractivity contribution in [2.75, 3.05) is 0 Å². The zero-order valence-corrected chi connectivity index (χ0v) is 13.0. The molecule has 0 saturated heterocycles. The number of rotatable bonds is 5. The fourth-order valence-corrected chi connectivity index (χ4v) is 3.52. The third kappa shape index (κ3) is 4.25. The van der Waals surface area contributed by atoms with Gasteiger partial charge in [-0.05, 0) is 48.5 Å². The molecular formula is C14H14N4O2S2. The quantitative estimate of drug-likeness (QED) is 0.287. The van der Waals surface area contributed by atoms with Crippen LogP contribution in [0, 0.1) is 0 Å². The van der Waals surface area contributed by atoms with Crippen LogP contribution in [-0.2, 0) is 0 Å². The summed E-state index contributed by atoms with van der Waals surface area (Å²) in [4.78, 5) is 24.7. The number of amides is 2. The monoisotopic (exact) mass is 334 g/mol. The van der Waals surface area contributed by atoms with Gasteiger partial charge in [-0.25, -0.2) is 11.7 Å². The Morgan fingerprint density at radius 1 is 0.682 bits per heavy atom.